The first-order chi connectivity index (χ1) is 10.7. The van der Waals surface area contributed by atoms with Crippen LogP contribution in [0.2, 0.25) is 0 Å². The summed E-state index contributed by atoms with van der Waals surface area (Å²) in [6, 6.07) is 0.530. The lowest BCUT2D eigenvalue weighted by atomic mass is 9.96. The number of rotatable bonds is 7. The molecule has 2 rings (SSSR count). The molecule has 0 amide bonds. The van der Waals surface area contributed by atoms with Crippen molar-refractivity contribution < 1.29 is 0 Å². The van der Waals surface area contributed by atoms with Crippen LogP contribution in [0.15, 0.2) is 49.5 Å². The molecule has 3 N–H and O–H groups in total. The van der Waals surface area contributed by atoms with Crippen molar-refractivity contribution in [2.45, 2.75) is 45.1 Å². The van der Waals surface area contributed by atoms with Crippen LogP contribution in [0, 0.1) is 0 Å². The second kappa shape index (κ2) is 8.27. The molecule has 0 radical (unpaired) electrons. The largest absolute Gasteiger partial charge is 0.369 e. The summed E-state index contributed by atoms with van der Waals surface area (Å²) in [6.07, 6.45) is 16.0. The predicted octanol–water partition coefficient (Wildman–Crippen LogP) is 4.36. The van der Waals surface area contributed by atoms with Gasteiger partial charge in [-0.3, -0.25) is 5.10 Å². The molecule has 0 bridgehead atoms. The lowest BCUT2D eigenvalue weighted by molar-refractivity contribution is 0.398. The molecule has 1 aliphatic rings. The number of allylic oxidation sites excluding steroid dienone is 5. The zero-order valence-corrected chi connectivity index (χ0v) is 13.4. The van der Waals surface area contributed by atoms with E-state index in [4.69, 9.17) is 0 Å². The van der Waals surface area contributed by atoms with Gasteiger partial charge in [0, 0.05) is 6.04 Å². The number of nitrogens with one attached hydrogen (secondary N) is 3. The van der Waals surface area contributed by atoms with Crippen LogP contribution in [0.4, 0.5) is 5.69 Å². The van der Waals surface area contributed by atoms with E-state index in [2.05, 4.69) is 34.0 Å². The summed E-state index contributed by atoms with van der Waals surface area (Å²) in [7, 11) is 0. The summed E-state index contributed by atoms with van der Waals surface area (Å²) >= 11 is 0. The number of aromatic amines is 1. The summed E-state index contributed by atoms with van der Waals surface area (Å²) in [4.78, 5) is 0. The van der Waals surface area contributed by atoms with E-state index in [9.17, 15) is 0 Å². The zero-order chi connectivity index (χ0) is 15.8. The van der Waals surface area contributed by atoms with Crippen LogP contribution >= 0.6 is 0 Å². The molecular formula is C18H26N4. The Bertz CT molecular complexity index is 559. The highest BCUT2D eigenvalue weighted by Gasteiger charge is 2.14. The number of hydrogen-bond donors (Lipinski definition) is 3. The fraction of sp³-hybridized carbons (Fsp3) is 0.389. The van der Waals surface area contributed by atoms with Gasteiger partial charge in [-0.1, -0.05) is 56.7 Å². The number of H-pyrrole nitrogens is 1. The average molecular weight is 298 g/mol. The molecule has 0 unspecified atom stereocenters. The first-order valence-corrected chi connectivity index (χ1v) is 7.95. The summed E-state index contributed by atoms with van der Waals surface area (Å²) in [5.74, 6) is 0.819. The number of hydrogen-bond acceptors (Lipinski definition) is 3. The summed E-state index contributed by atoms with van der Waals surface area (Å²) < 4.78 is 0. The standard InChI is InChI=1S/C18H26N4/c1-4-5-7-10-14(2)18-17(13-19-22-18)21-15(3)20-16-11-8-6-9-12-16/h4-5,7,10,13,16,20-21H,2-3,6,8-9,11-12H2,1H3,(H,19,22)/b5-4-,10-7-. The van der Waals surface area contributed by atoms with Crippen molar-refractivity contribution in [3.8, 4) is 0 Å². The molecule has 22 heavy (non-hydrogen) atoms. The smallest absolute Gasteiger partial charge is 0.0960 e. The molecule has 4 heteroatoms. The Hall–Kier alpha value is -2.23. The van der Waals surface area contributed by atoms with Gasteiger partial charge >= 0.3 is 0 Å². The van der Waals surface area contributed by atoms with E-state index < -0.39 is 0 Å². The van der Waals surface area contributed by atoms with Gasteiger partial charge in [-0.15, -0.1) is 0 Å². The number of aromatic nitrogens is 2. The van der Waals surface area contributed by atoms with Gasteiger partial charge in [0.05, 0.1) is 23.4 Å². The van der Waals surface area contributed by atoms with Gasteiger partial charge in [0.15, 0.2) is 0 Å². The minimum absolute atomic E-state index is 0.530. The van der Waals surface area contributed by atoms with Crippen molar-refractivity contribution >= 4 is 11.3 Å². The first-order valence-electron chi connectivity index (χ1n) is 7.95. The van der Waals surface area contributed by atoms with Crippen molar-refractivity contribution in [2.24, 2.45) is 0 Å². The van der Waals surface area contributed by atoms with E-state index in [0.29, 0.717) is 6.04 Å². The molecule has 0 spiro atoms. The Morgan fingerprint density at radius 1 is 1.27 bits per heavy atom. The SMILES string of the molecule is C=C(Nc1cn[nH]c1C(=C)/C=C\C=C/C)NC1CCCCC1. The minimum atomic E-state index is 0.530. The fourth-order valence-electron chi connectivity index (χ4n) is 2.68. The third kappa shape index (κ3) is 4.65. The van der Waals surface area contributed by atoms with Crippen molar-refractivity contribution in [3.05, 3.63) is 55.2 Å². The normalized spacial score (nSPS) is 16.2. The molecule has 0 saturated heterocycles. The van der Waals surface area contributed by atoms with Crippen molar-refractivity contribution in [1.82, 2.24) is 15.5 Å². The van der Waals surface area contributed by atoms with Gasteiger partial charge in [-0.25, -0.2) is 0 Å². The summed E-state index contributed by atoms with van der Waals surface area (Å²) in [5.41, 5.74) is 2.65. The first kappa shape index (κ1) is 16.1. The molecule has 1 heterocycles. The van der Waals surface area contributed by atoms with Gasteiger partial charge in [0.25, 0.3) is 0 Å². The van der Waals surface area contributed by atoms with Crippen LogP contribution < -0.4 is 10.6 Å². The Morgan fingerprint density at radius 3 is 2.77 bits per heavy atom. The molecule has 1 aromatic rings. The summed E-state index contributed by atoms with van der Waals surface area (Å²) in [6.45, 7) is 10.1. The molecule has 1 aliphatic carbocycles. The average Bonchev–Trinajstić information content (AvgIpc) is 2.96. The Morgan fingerprint density at radius 2 is 2.05 bits per heavy atom. The van der Waals surface area contributed by atoms with E-state index >= 15 is 0 Å². The minimum Gasteiger partial charge on any atom is -0.369 e. The van der Waals surface area contributed by atoms with Gasteiger partial charge in [0.1, 0.15) is 0 Å². The fourth-order valence-corrected chi connectivity index (χ4v) is 2.68. The monoisotopic (exact) mass is 298 g/mol. The van der Waals surface area contributed by atoms with Gasteiger partial charge in [-0.05, 0) is 25.3 Å². The molecule has 1 aromatic heterocycles. The van der Waals surface area contributed by atoms with Gasteiger partial charge in [-0.2, -0.15) is 5.10 Å². The third-order valence-corrected chi connectivity index (χ3v) is 3.83. The molecule has 4 nitrogen and oxygen atoms in total. The molecule has 0 aliphatic heterocycles. The second-order valence-electron chi connectivity index (χ2n) is 5.65. The third-order valence-electron chi connectivity index (χ3n) is 3.83. The highest BCUT2D eigenvalue weighted by molar-refractivity contribution is 5.78. The van der Waals surface area contributed by atoms with Crippen LogP contribution in [-0.2, 0) is 0 Å². The van der Waals surface area contributed by atoms with Crippen LogP contribution in [0.3, 0.4) is 0 Å². The molecule has 0 aromatic carbocycles. The van der Waals surface area contributed by atoms with Gasteiger partial charge in [0.2, 0.25) is 0 Å². The Kier molecular flexibility index (Phi) is 6.07. The zero-order valence-electron chi connectivity index (χ0n) is 13.4. The maximum atomic E-state index is 4.10. The van der Waals surface area contributed by atoms with Crippen LogP contribution in [0.25, 0.3) is 5.57 Å². The van der Waals surface area contributed by atoms with E-state index in [1.165, 1.54) is 32.1 Å². The van der Waals surface area contributed by atoms with Crippen molar-refractivity contribution in [1.29, 1.82) is 0 Å². The molecule has 1 fully saturated rings. The van der Waals surface area contributed by atoms with Crippen molar-refractivity contribution in [3.63, 3.8) is 0 Å². The van der Waals surface area contributed by atoms with Crippen LogP contribution in [0.1, 0.15) is 44.7 Å². The lowest BCUT2D eigenvalue weighted by Gasteiger charge is -2.25. The number of nitrogens with zero attached hydrogens (tertiary/aromatic N) is 1. The highest BCUT2D eigenvalue weighted by Crippen LogP contribution is 2.23. The Labute approximate surface area is 133 Å². The quantitative estimate of drug-likeness (QED) is 0.656. The van der Waals surface area contributed by atoms with Gasteiger partial charge < -0.3 is 10.6 Å². The van der Waals surface area contributed by atoms with E-state index in [-0.39, 0.29) is 0 Å². The molecular weight excluding hydrogens is 272 g/mol. The van der Waals surface area contributed by atoms with Crippen molar-refractivity contribution in [2.75, 3.05) is 5.32 Å². The van der Waals surface area contributed by atoms with E-state index in [0.717, 1.165) is 22.8 Å². The van der Waals surface area contributed by atoms with E-state index in [1.54, 1.807) is 6.20 Å². The highest BCUT2D eigenvalue weighted by atomic mass is 15.2. The van der Waals surface area contributed by atoms with Crippen LogP contribution in [0.5, 0.6) is 0 Å². The summed E-state index contributed by atoms with van der Waals surface area (Å²) in [5, 5.41) is 13.9. The maximum absolute atomic E-state index is 4.10. The Balaban J connectivity index is 1.93. The van der Waals surface area contributed by atoms with E-state index in [1.807, 2.05) is 31.2 Å². The topological polar surface area (TPSA) is 52.7 Å². The lowest BCUT2D eigenvalue weighted by Crippen LogP contribution is -2.32. The number of anilines is 1. The molecule has 0 atom stereocenters. The maximum Gasteiger partial charge on any atom is 0.0960 e. The molecule has 1 saturated carbocycles. The second-order valence-corrected chi connectivity index (χ2v) is 5.65. The predicted molar refractivity (Wildman–Crippen MR) is 94.3 cm³/mol. The van der Waals surface area contributed by atoms with Crippen LogP contribution in [-0.4, -0.2) is 16.2 Å². The molecule has 118 valence electrons.